The molecule has 19 heavy (non-hydrogen) atoms. The zero-order valence-electron chi connectivity index (χ0n) is 10.7. The number of hydrogen-bond acceptors (Lipinski definition) is 3. The Kier molecular flexibility index (Phi) is 5.55. The highest BCUT2D eigenvalue weighted by Gasteiger charge is 2.31. The van der Waals surface area contributed by atoms with Crippen LogP contribution in [-0.4, -0.2) is 17.5 Å². The molecule has 104 valence electrons. The number of nitrogens with zero attached hydrogens (tertiary/aromatic N) is 1. The van der Waals surface area contributed by atoms with Gasteiger partial charge in [-0.3, -0.25) is 0 Å². The summed E-state index contributed by atoms with van der Waals surface area (Å²) in [5, 5.41) is 12.0. The maximum absolute atomic E-state index is 12.5. The third-order valence-electron chi connectivity index (χ3n) is 2.44. The molecule has 0 radical (unpaired) electrons. The van der Waals surface area contributed by atoms with Crippen molar-refractivity contribution in [3.8, 4) is 6.07 Å². The highest BCUT2D eigenvalue weighted by Crippen LogP contribution is 2.31. The van der Waals surface area contributed by atoms with Gasteiger partial charge in [0, 0.05) is 11.8 Å². The number of thioether (sulfide) groups is 1. The lowest BCUT2D eigenvalue weighted by atomic mass is 10.1. The van der Waals surface area contributed by atoms with Gasteiger partial charge in [0.05, 0.1) is 16.8 Å². The van der Waals surface area contributed by atoms with Crippen LogP contribution in [0, 0.1) is 11.3 Å². The van der Waals surface area contributed by atoms with E-state index in [4.69, 9.17) is 5.26 Å². The van der Waals surface area contributed by atoms with Gasteiger partial charge in [-0.2, -0.15) is 30.2 Å². The predicted molar refractivity (Wildman–Crippen MR) is 72.2 cm³/mol. The molecule has 0 saturated carbocycles. The summed E-state index contributed by atoms with van der Waals surface area (Å²) in [5.41, 5.74) is -0.340. The number of nitriles is 1. The van der Waals surface area contributed by atoms with Crippen molar-refractivity contribution in [2.75, 3.05) is 16.8 Å². The largest absolute Gasteiger partial charge is 0.416 e. The summed E-state index contributed by atoms with van der Waals surface area (Å²) in [7, 11) is 0. The molecular weight excluding hydrogens is 273 g/mol. The fraction of sp³-hybridized carbons (Fsp3) is 0.462. The average molecular weight is 288 g/mol. The Morgan fingerprint density at radius 3 is 2.63 bits per heavy atom. The van der Waals surface area contributed by atoms with Crippen LogP contribution in [0.5, 0.6) is 0 Å². The van der Waals surface area contributed by atoms with Crippen LogP contribution in [0.3, 0.4) is 0 Å². The Morgan fingerprint density at radius 2 is 2.11 bits per heavy atom. The maximum atomic E-state index is 12.5. The van der Waals surface area contributed by atoms with Crippen molar-refractivity contribution in [2.45, 2.75) is 26.1 Å². The van der Waals surface area contributed by atoms with Crippen LogP contribution in [-0.2, 0) is 6.18 Å². The SMILES string of the molecule is CCSCC(C)Nc1ccc(C(F)(F)F)cc1C#N. The molecule has 1 aromatic carbocycles. The van der Waals surface area contributed by atoms with E-state index in [2.05, 4.69) is 5.32 Å². The first-order valence-electron chi connectivity index (χ1n) is 5.84. The van der Waals surface area contributed by atoms with Crippen LogP contribution >= 0.6 is 11.8 Å². The normalized spacial score (nSPS) is 12.8. The molecule has 6 heteroatoms. The van der Waals surface area contributed by atoms with E-state index in [1.807, 2.05) is 13.8 Å². The van der Waals surface area contributed by atoms with Crippen molar-refractivity contribution in [3.63, 3.8) is 0 Å². The summed E-state index contributed by atoms with van der Waals surface area (Å²) in [6.45, 7) is 3.97. The monoisotopic (exact) mass is 288 g/mol. The van der Waals surface area contributed by atoms with Crippen LogP contribution in [0.4, 0.5) is 18.9 Å². The summed E-state index contributed by atoms with van der Waals surface area (Å²) in [4.78, 5) is 0. The van der Waals surface area contributed by atoms with E-state index in [9.17, 15) is 13.2 Å². The predicted octanol–water partition coefficient (Wildman–Crippen LogP) is 4.13. The quantitative estimate of drug-likeness (QED) is 0.885. The number of anilines is 1. The second-order valence-corrected chi connectivity index (χ2v) is 5.39. The molecule has 0 bridgehead atoms. The van der Waals surface area contributed by atoms with Crippen LogP contribution in [0.1, 0.15) is 25.0 Å². The molecular formula is C13H15F3N2S. The summed E-state index contributed by atoms with van der Waals surface area (Å²) in [6.07, 6.45) is -4.42. The first kappa shape index (κ1) is 15.7. The molecule has 1 rings (SSSR count). The van der Waals surface area contributed by atoms with E-state index >= 15 is 0 Å². The van der Waals surface area contributed by atoms with Gasteiger partial charge in [-0.1, -0.05) is 6.92 Å². The van der Waals surface area contributed by atoms with Crippen molar-refractivity contribution in [1.29, 1.82) is 5.26 Å². The average Bonchev–Trinajstić information content (AvgIpc) is 2.35. The molecule has 0 heterocycles. The Hall–Kier alpha value is -1.35. The number of nitrogens with one attached hydrogen (secondary N) is 1. The summed E-state index contributed by atoms with van der Waals surface area (Å²) < 4.78 is 37.6. The topological polar surface area (TPSA) is 35.8 Å². The summed E-state index contributed by atoms with van der Waals surface area (Å²) in [6, 6.07) is 5.07. The zero-order valence-corrected chi connectivity index (χ0v) is 11.5. The Morgan fingerprint density at radius 1 is 1.42 bits per heavy atom. The van der Waals surface area contributed by atoms with E-state index in [1.54, 1.807) is 17.8 Å². The fourth-order valence-electron chi connectivity index (χ4n) is 1.54. The molecule has 1 aromatic rings. The second kappa shape index (κ2) is 6.71. The third kappa shape index (κ3) is 4.67. The lowest BCUT2D eigenvalue weighted by Crippen LogP contribution is -2.19. The molecule has 1 atom stereocenters. The highest BCUT2D eigenvalue weighted by atomic mass is 32.2. The van der Waals surface area contributed by atoms with Gasteiger partial charge in [0.2, 0.25) is 0 Å². The van der Waals surface area contributed by atoms with Crippen molar-refractivity contribution < 1.29 is 13.2 Å². The minimum absolute atomic E-state index is 0.0168. The van der Waals surface area contributed by atoms with Crippen molar-refractivity contribution in [3.05, 3.63) is 29.3 Å². The summed E-state index contributed by atoms with van der Waals surface area (Å²) >= 11 is 1.73. The lowest BCUT2D eigenvalue weighted by molar-refractivity contribution is -0.137. The van der Waals surface area contributed by atoms with Crippen molar-refractivity contribution in [1.82, 2.24) is 0 Å². The third-order valence-corrected chi connectivity index (χ3v) is 3.59. The number of hydrogen-bond donors (Lipinski definition) is 1. The molecule has 0 spiro atoms. The van der Waals surface area contributed by atoms with Gasteiger partial charge in [-0.15, -0.1) is 0 Å². The fourth-order valence-corrected chi connectivity index (χ4v) is 2.21. The smallest absolute Gasteiger partial charge is 0.381 e. The number of alkyl halides is 3. The lowest BCUT2D eigenvalue weighted by Gasteiger charge is -2.16. The molecule has 0 aliphatic heterocycles. The number of benzene rings is 1. The van der Waals surface area contributed by atoms with Gasteiger partial charge in [-0.25, -0.2) is 0 Å². The number of halogens is 3. The molecule has 0 aromatic heterocycles. The number of rotatable bonds is 5. The van der Waals surface area contributed by atoms with Gasteiger partial charge in [0.25, 0.3) is 0 Å². The summed E-state index contributed by atoms with van der Waals surface area (Å²) in [5.74, 6) is 1.81. The van der Waals surface area contributed by atoms with Gasteiger partial charge in [0.1, 0.15) is 6.07 Å². The molecule has 1 N–H and O–H groups in total. The van der Waals surface area contributed by atoms with Gasteiger partial charge >= 0.3 is 6.18 Å². The molecule has 0 saturated heterocycles. The molecule has 0 fully saturated rings. The zero-order chi connectivity index (χ0) is 14.5. The van der Waals surface area contributed by atoms with E-state index in [-0.39, 0.29) is 11.6 Å². The van der Waals surface area contributed by atoms with E-state index in [0.29, 0.717) is 5.69 Å². The van der Waals surface area contributed by atoms with E-state index in [1.165, 1.54) is 6.07 Å². The van der Waals surface area contributed by atoms with Crippen LogP contribution in [0.25, 0.3) is 0 Å². The molecule has 0 amide bonds. The first-order valence-corrected chi connectivity index (χ1v) is 6.99. The minimum atomic E-state index is -4.42. The van der Waals surface area contributed by atoms with Crippen LogP contribution in [0.15, 0.2) is 18.2 Å². The Balaban J connectivity index is 2.89. The minimum Gasteiger partial charge on any atom is -0.381 e. The molecule has 2 nitrogen and oxygen atoms in total. The van der Waals surface area contributed by atoms with Crippen LogP contribution in [0.2, 0.25) is 0 Å². The maximum Gasteiger partial charge on any atom is 0.416 e. The van der Waals surface area contributed by atoms with Gasteiger partial charge in [-0.05, 0) is 30.9 Å². The first-order chi connectivity index (χ1) is 8.88. The molecule has 0 aliphatic rings. The van der Waals surface area contributed by atoms with Gasteiger partial charge < -0.3 is 5.32 Å². The Bertz CT molecular complexity index is 466. The van der Waals surface area contributed by atoms with Crippen LogP contribution < -0.4 is 5.32 Å². The van der Waals surface area contributed by atoms with Crippen molar-refractivity contribution >= 4 is 17.4 Å². The Labute approximate surface area is 115 Å². The standard InChI is InChI=1S/C13H15F3N2S/c1-3-19-8-9(2)18-12-5-4-11(13(14,15)16)6-10(12)7-17/h4-6,9,18H,3,8H2,1-2H3. The van der Waals surface area contributed by atoms with E-state index < -0.39 is 11.7 Å². The van der Waals surface area contributed by atoms with Gasteiger partial charge in [0.15, 0.2) is 0 Å². The van der Waals surface area contributed by atoms with E-state index in [0.717, 1.165) is 23.6 Å². The molecule has 0 aliphatic carbocycles. The highest BCUT2D eigenvalue weighted by molar-refractivity contribution is 7.99. The van der Waals surface area contributed by atoms with Crippen molar-refractivity contribution in [2.24, 2.45) is 0 Å². The molecule has 1 unspecified atom stereocenters. The second-order valence-electron chi connectivity index (χ2n) is 4.07.